The summed E-state index contributed by atoms with van der Waals surface area (Å²) < 4.78 is 11.1. The van der Waals surface area contributed by atoms with Gasteiger partial charge in [-0.2, -0.15) is 0 Å². The Morgan fingerprint density at radius 2 is 2.00 bits per heavy atom. The van der Waals surface area contributed by atoms with Crippen LogP contribution in [0.25, 0.3) is 0 Å². The standard InChI is InChI=1S/C12H17NO2/c1-14-11-8-4-7-10(13)12(11)15-9-5-2-3-6-9/h4,7-9H,2-3,5-6,13H2,1H3. The number of anilines is 1. The maximum Gasteiger partial charge on any atom is 0.184 e. The third kappa shape index (κ3) is 2.17. The van der Waals surface area contributed by atoms with Gasteiger partial charge in [0.05, 0.1) is 18.9 Å². The molecule has 1 aromatic rings. The summed E-state index contributed by atoms with van der Waals surface area (Å²) in [4.78, 5) is 0. The molecule has 1 saturated carbocycles. The minimum Gasteiger partial charge on any atom is -0.493 e. The number of nitrogen functional groups attached to an aromatic ring is 1. The molecule has 0 heterocycles. The highest BCUT2D eigenvalue weighted by molar-refractivity contribution is 5.60. The zero-order chi connectivity index (χ0) is 10.7. The maximum atomic E-state index is 5.88. The van der Waals surface area contributed by atoms with Crippen molar-refractivity contribution in [3.63, 3.8) is 0 Å². The number of benzene rings is 1. The minimum atomic E-state index is 0.309. The maximum absolute atomic E-state index is 5.88. The van der Waals surface area contributed by atoms with E-state index in [1.807, 2.05) is 18.2 Å². The number of hydrogen-bond donors (Lipinski definition) is 1. The van der Waals surface area contributed by atoms with Gasteiger partial charge in [0.15, 0.2) is 11.5 Å². The predicted molar refractivity (Wildman–Crippen MR) is 60.3 cm³/mol. The van der Waals surface area contributed by atoms with Crippen LogP contribution in [-0.4, -0.2) is 13.2 Å². The van der Waals surface area contributed by atoms with E-state index in [2.05, 4.69) is 0 Å². The normalized spacial score (nSPS) is 16.6. The van der Waals surface area contributed by atoms with E-state index in [1.54, 1.807) is 7.11 Å². The summed E-state index contributed by atoms with van der Waals surface area (Å²) in [7, 11) is 1.64. The Bertz CT molecular complexity index is 332. The zero-order valence-electron chi connectivity index (χ0n) is 9.03. The highest BCUT2D eigenvalue weighted by Gasteiger charge is 2.19. The molecular weight excluding hydrogens is 190 g/mol. The van der Waals surface area contributed by atoms with Gasteiger partial charge in [0, 0.05) is 0 Å². The van der Waals surface area contributed by atoms with Crippen molar-refractivity contribution in [1.82, 2.24) is 0 Å². The Labute approximate surface area is 90.2 Å². The van der Waals surface area contributed by atoms with Gasteiger partial charge < -0.3 is 15.2 Å². The highest BCUT2D eigenvalue weighted by Crippen LogP contribution is 2.36. The molecule has 0 aromatic heterocycles. The SMILES string of the molecule is COc1cccc(N)c1OC1CCCC1. The number of ether oxygens (including phenoxy) is 2. The van der Waals surface area contributed by atoms with Crippen LogP contribution in [0.3, 0.4) is 0 Å². The van der Waals surface area contributed by atoms with Gasteiger partial charge in [0.2, 0.25) is 0 Å². The zero-order valence-corrected chi connectivity index (χ0v) is 9.03. The lowest BCUT2D eigenvalue weighted by molar-refractivity contribution is 0.202. The summed E-state index contributed by atoms with van der Waals surface area (Å²) in [5.41, 5.74) is 6.52. The predicted octanol–water partition coefficient (Wildman–Crippen LogP) is 2.60. The van der Waals surface area contributed by atoms with Crippen LogP contribution in [0.5, 0.6) is 11.5 Å². The van der Waals surface area contributed by atoms with Crippen LogP contribution in [0.15, 0.2) is 18.2 Å². The molecule has 1 aliphatic rings. The number of nitrogens with two attached hydrogens (primary N) is 1. The van der Waals surface area contributed by atoms with Crippen molar-refractivity contribution in [2.45, 2.75) is 31.8 Å². The Kier molecular flexibility index (Phi) is 2.99. The van der Waals surface area contributed by atoms with Crippen LogP contribution in [-0.2, 0) is 0 Å². The number of rotatable bonds is 3. The minimum absolute atomic E-state index is 0.309. The Hall–Kier alpha value is -1.38. The largest absolute Gasteiger partial charge is 0.493 e. The van der Waals surface area contributed by atoms with Crippen molar-refractivity contribution in [2.75, 3.05) is 12.8 Å². The molecule has 2 N–H and O–H groups in total. The van der Waals surface area contributed by atoms with Crippen LogP contribution in [0, 0.1) is 0 Å². The van der Waals surface area contributed by atoms with Gasteiger partial charge in [-0.1, -0.05) is 6.07 Å². The summed E-state index contributed by atoms with van der Waals surface area (Å²) in [5.74, 6) is 1.42. The lowest BCUT2D eigenvalue weighted by Crippen LogP contribution is -2.12. The molecule has 1 fully saturated rings. The van der Waals surface area contributed by atoms with Crippen molar-refractivity contribution in [3.05, 3.63) is 18.2 Å². The second-order valence-electron chi connectivity index (χ2n) is 3.90. The van der Waals surface area contributed by atoms with Gasteiger partial charge in [-0.15, -0.1) is 0 Å². The van der Waals surface area contributed by atoms with Crippen molar-refractivity contribution >= 4 is 5.69 Å². The molecule has 1 aliphatic carbocycles. The molecule has 3 nitrogen and oxygen atoms in total. The van der Waals surface area contributed by atoms with Crippen LogP contribution >= 0.6 is 0 Å². The fourth-order valence-electron chi connectivity index (χ4n) is 1.99. The third-order valence-corrected chi connectivity index (χ3v) is 2.82. The topological polar surface area (TPSA) is 44.5 Å². The molecule has 0 radical (unpaired) electrons. The van der Waals surface area contributed by atoms with E-state index in [0.717, 1.165) is 18.6 Å². The fraction of sp³-hybridized carbons (Fsp3) is 0.500. The van der Waals surface area contributed by atoms with E-state index in [9.17, 15) is 0 Å². The quantitative estimate of drug-likeness (QED) is 0.775. The lowest BCUT2D eigenvalue weighted by Gasteiger charge is -2.17. The molecule has 0 bridgehead atoms. The second kappa shape index (κ2) is 4.43. The molecule has 0 spiro atoms. The second-order valence-corrected chi connectivity index (χ2v) is 3.90. The summed E-state index contributed by atoms with van der Waals surface area (Å²) >= 11 is 0. The van der Waals surface area contributed by atoms with Crippen LogP contribution < -0.4 is 15.2 Å². The number of hydrogen-bond acceptors (Lipinski definition) is 3. The molecule has 3 heteroatoms. The lowest BCUT2D eigenvalue weighted by atomic mass is 10.2. The van der Waals surface area contributed by atoms with E-state index in [1.165, 1.54) is 12.8 Å². The summed E-state index contributed by atoms with van der Waals surface area (Å²) in [6.45, 7) is 0. The molecule has 2 rings (SSSR count). The summed E-state index contributed by atoms with van der Waals surface area (Å²) in [6.07, 6.45) is 5.05. The van der Waals surface area contributed by atoms with Crippen LogP contribution in [0.4, 0.5) is 5.69 Å². The molecule has 82 valence electrons. The van der Waals surface area contributed by atoms with Gasteiger partial charge in [-0.25, -0.2) is 0 Å². The van der Waals surface area contributed by atoms with Crippen molar-refractivity contribution < 1.29 is 9.47 Å². The Morgan fingerprint density at radius 1 is 1.27 bits per heavy atom. The van der Waals surface area contributed by atoms with Crippen molar-refractivity contribution in [3.8, 4) is 11.5 Å². The summed E-state index contributed by atoms with van der Waals surface area (Å²) in [6, 6.07) is 5.59. The van der Waals surface area contributed by atoms with Gasteiger partial charge in [0.25, 0.3) is 0 Å². The van der Waals surface area contributed by atoms with Gasteiger partial charge in [-0.05, 0) is 37.8 Å². The Balaban J connectivity index is 2.17. The smallest absolute Gasteiger partial charge is 0.184 e. The van der Waals surface area contributed by atoms with Crippen molar-refractivity contribution in [2.24, 2.45) is 0 Å². The van der Waals surface area contributed by atoms with E-state index >= 15 is 0 Å². The molecular formula is C12H17NO2. The van der Waals surface area contributed by atoms with Gasteiger partial charge in [-0.3, -0.25) is 0 Å². The molecule has 0 aliphatic heterocycles. The van der Waals surface area contributed by atoms with Crippen LogP contribution in [0.2, 0.25) is 0 Å². The van der Waals surface area contributed by atoms with E-state index in [4.69, 9.17) is 15.2 Å². The first-order valence-corrected chi connectivity index (χ1v) is 5.40. The van der Waals surface area contributed by atoms with Crippen LogP contribution in [0.1, 0.15) is 25.7 Å². The monoisotopic (exact) mass is 207 g/mol. The molecule has 0 unspecified atom stereocenters. The summed E-state index contributed by atoms with van der Waals surface area (Å²) in [5, 5.41) is 0. The molecule has 1 aromatic carbocycles. The first-order valence-electron chi connectivity index (χ1n) is 5.40. The Morgan fingerprint density at radius 3 is 2.67 bits per heavy atom. The fourth-order valence-corrected chi connectivity index (χ4v) is 1.99. The van der Waals surface area contributed by atoms with E-state index in [-0.39, 0.29) is 0 Å². The average molecular weight is 207 g/mol. The van der Waals surface area contributed by atoms with E-state index < -0.39 is 0 Å². The third-order valence-electron chi connectivity index (χ3n) is 2.82. The first-order chi connectivity index (χ1) is 7.31. The van der Waals surface area contributed by atoms with Gasteiger partial charge >= 0.3 is 0 Å². The number of para-hydroxylation sites is 1. The average Bonchev–Trinajstić information content (AvgIpc) is 2.74. The highest BCUT2D eigenvalue weighted by atomic mass is 16.5. The molecule has 15 heavy (non-hydrogen) atoms. The van der Waals surface area contributed by atoms with E-state index in [0.29, 0.717) is 17.5 Å². The van der Waals surface area contributed by atoms with Crippen molar-refractivity contribution in [1.29, 1.82) is 0 Å². The van der Waals surface area contributed by atoms with Gasteiger partial charge in [0.1, 0.15) is 0 Å². The molecule has 0 amide bonds. The molecule has 0 atom stereocenters. The molecule has 0 saturated heterocycles. The first kappa shape index (κ1) is 10.1. The number of methoxy groups -OCH3 is 1.